The van der Waals surface area contributed by atoms with Crippen LogP contribution in [0.3, 0.4) is 0 Å². The van der Waals surface area contributed by atoms with Crippen LogP contribution < -0.4 is 5.43 Å². The van der Waals surface area contributed by atoms with Gasteiger partial charge in [-0.2, -0.15) is 10.4 Å². The molecule has 0 saturated heterocycles. The average molecular weight is 368 g/mol. The van der Waals surface area contributed by atoms with E-state index >= 15 is 0 Å². The minimum absolute atomic E-state index is 0.271. The maximum atomic E-state index is 9.47. The zero-order valence-corrected chi connectivity index (χ0v) is 15.5. The predicted molar refractivity (Wildman–Crippen MR) is 112 cm³/mol. The quantitative estimate of drug-likeness (QED) is 0.376. The van der Waals surface area contributed by atoms with Crippen molar-refractivity contribution in [2.24, 2.45) is 5.10 Å². The van der Waals surface area contributed by atoms with Gasteiger partial charge in [0, 0.05) is 10.9 Å². The van der Waals surface area contributed by atoms with Gasteiger partial charge in [-0.05, 0) is 35.9 Å². The number of nitriles is 1. The van der Waals surface area contributed by atoms with E-state index in [0.29, 0.717) is 5.01 Å². The summed E-state index contributed by atoms with van der Waals surface area (Å²) in [5.74, 6) is 0. The lowest BCUT2D eigenvalue weighted by Crippen LogP contribution is -2.01. The van der Waals surface area contributed by atoms with E-state index in [-0.39, 0.29) is 5.71 Å². The van der Waals surface area contributed by atoms with Crippen LogP contribution in [0.5, 0.6) is 0 Å². The first-order chi connectivity index (χ1) is 13.2. The number of anilines is 1. The second kappa shape index (κ2) is 7.40. The Kier molecular flexibility index (Phi) is 4.65. The van der Waals surface area contributed by atoms with Crippen LogP contribution in [0.4, 0.5) is 5.69 Å². The number of nitrogens with one attached hydrogen (secondary N) is 1. The molecular formula is C22H16N4S. The van der Waals surface area contributed by atoms with Crippen LogP contribution in [-0.2, 0) is 0 Å². The number of hydrogen-bond acceptors (Lipinski definition) is 5. The fourth-order valence-electron chi connectivity index (χ4n) is 2.73. The molecule has 27 heavy (non-hydrogen) atoms. The second-order valence-electron chi connectivity index (χ2n) is 6.15. The van der Waals surface area contributed by atoms with E-state index in [1.807, 2.05) is 48.7 Å². The Balaban J connectivity index is 1.60. The van der Waals surface area contributed by atoms with Crippen molar-refractivity contribution in [3.8, 4) is 17.3 Å². The molecule has 0 aliphatic carbocycles. The van der Waals surface area contributed by atoms with Gasteiger partial charge in [0.1, 0.15) is 6.07 Å². The van der Waals surface area contributed by atoms with Crippen molar-refractivity contribution < 1.29 is 0 Å². The van der Waals surface area contributed by atoms with Crippen molar-refractivity contribution in [3.05, 3.63) is 82.7 Å². The summed E-state index contributed by atoms with van der Waals surface area (Å²) in [4.78, 5) is 4.61. The molecule has 4 nitrogen and oxygen atoms in total. The van der Waals surface area contributed by atoms with Gasteiger partial charge >= 0.3 is 0 Å². The molecule has 0 amide bonds. The van der Waals surface area contributed by atoms with Gasteiger partial charge in [0.2, 0.25) is 0 Å². The minimum Gasteiger partial charge on any atom is -0.277 e. The first kappa shape index (κ1) is 17.0. The van der Waals surface area contributed by atoms with Gasteiger partial charge in [-0.15, -0.1) is 11.3 Å². The Bertz CT molecular complexity index is 1170. The minimum atomic E-state index is 0.271. The molecular weight excluding hydrogens is 352 g/mol. The lowest BCUT2D eigenvalue weighted by Gasteiger charge is -2.01. The van der Waals surface area contributed by atoms with Crippen LogP contribution in [0.2, 0.25) is 0 Å². The Morgan fingerprint density at radius 2 is 1.81 bits per heavy atom. The number of hydrogen-bond donors (Lipinski definition) is 1. The van der Waals surface area contributed by atoms with Crippen molar-refractivity contribution in [2.75, 3.05) is 5.43 Å². The number of aromatic nitrogens is 1. The number of aryl methyl sites for hydroxylation is 1. The Hall–Kier alpha value is -3.49. The molecule has 0 aliphatic heterocycles. The summed E-state index contributed by atoms with van der Waals surface area (Å²) < 4.78 is 0. The van der Waals surface area contributed by atoms with E-state index in [2.05, 4.69) is 51.9 Å². The number of hydrazone groups is 1. The van der Waals surface area contributed by atoms with Crippen LogP contribution in [0.15, 0.2) is 77.2 Å². The van der Waals surface area contributed by atoms with Crippen molar-refractivity contribution in [3.63, 3.8) is 0 Å². The Labute approximate surface area is 161 Å². The highest BCUT2D eigenvalue weighted by atomic mass is 32.1. The fourth-order valence-corrected chi connectivity index (χ4v) is 3.50. The fraction of sp³-hybridized carbons (Fsp3) is 0.0455. The molecule has 0 unspecified atom stereocenters. The van der Waals surface area contributed by atoms with E-state index < -0.39 is 0 Å². The summed E-state index contributed by atoms with van der Waals surface area (Å²) in [6, 6.07) is 24.4. The van der Waals surface area contributed by atoms with Crippen LogP contribution in [0, 0.1) is 18.3 Å². The van der Waals surface area contributed by atoms with Gasteiger partial charge < -0.3 is 0 Å². The monoisotopic (exact) mass is 368 g/mol. The first-order valence-corrected chi connectivity index (χ1v) is 9.36. The number of fused-ring (bicyclic) bond motifs is 1. The van der Waals surface area contributed by atoms with Gasteiger partial charge in [-0.1, -0.05) is 54.1 Å². The van der Waals surface area contributed by atoms with Crippen LogP contribution in [0.1, 0.15) is 10.6 Å². The summed E-state index contributed by atoms with van der Waals surface area (Å²) in [7, 11) is 0. The molecule has 0 spiro atoms. The van der Waals surface area contributed by atoms with Crippen molar-refractivity contribution in [1.29, 1.82) is 5.26 Å². The molecule has 0 radical (unpaired) electrons. The SMILES string of the molecule is Cc1ccc(N/N=C(/C#N)c2nc(-c3ccc4ccccc4c3)cs2)cc1. The van der Waals surface area contributed by atoms with Gasteiger partial charge in [0.05, 0.1) is 11.4 Å². The molecule has 0 aliphatic rings. The number of rotatable bonds is 4. The number of thiazole rings is 1. The molecule has 0 fully saturated rings. The third kappa shape index (κ3) is 3.71. The number of nitrogens with zero attached hydrogens (tertiary/aromatic N) is 3. The molecule has 0 bridgehead atoms. The molecule has 1 heterocycles. The predicted octanol–water partition coefficient (Wildman–Crippen LogP) is 5.61. The maximum Gasteiger partial charge on any atom is 0.196 e. The summed E-state index contributed by atoms with van der Waals surface area (Å²) >= 11 is 1.42. The largest absolute Gasteiger partial charge is 0.277 e. The molecule has 4 rings (SSSR count). The standard InChI is InChI=1S/C22H16N4S/c1-15-6-10-19(11-7-15)25-26-20(13-23)22-24-21(14-27-22)18-9-8-16-4-2-3-5-17(16)12-18/h2-12,14,25H,1H3/b26-20-. The molecule has 0 saturated carbocycles. The molecule has 4 aromatic rings. The number of benzene rings is 3. The average Bonchev–Trinajstić information content (AvgIpc) is 3.19. The lowest BCUT2D eigenvalue weighted by molar-refractivity contribution is 1.30. The summed E-state index contributed by atoms with van der Waals surface area (Å²) in [5, 5.41) is 18.6. The lowest BCUT2D eigenvalue weighted by atomic mass is 10.1. The topological polar surface area (TPSA) is 61.1 Å². The third-order valence-corrected chi connectivity index (χ3v) is 5.06. The third-order valence-electron chi connectivity index (χ3n) is 4.21. The van der Waals surface area contributed by atoms with E-state index in [1.165, 1.54) is 27.7 Å². The smallest absolute Gasteiger partial charge is 0.196 e. The first-order valence-electron chi connectivity index (χ1n) is 8.48. The molecule has 3 aromatic carbocycles. The highest BCUT2D eigenvalue weighted by Gasteiger charge is 2.11. The van der Waals surface area contributed by atoms with Gasteiger partial charge in [0.15, 0.2) is 10.7 Å². The Morgan fingerprint density at radius 3 is 2.59 bits per heavy atom. The second-order valence-corrected chi connectivity index (χ2v) is 7.01. The highest BCUT2D eigenvalue weighted by Crippen LogP contribution is 2.26. The van der Waals surface area contributed by atoms with Crippen LogP contribution in [0.25, 0.3) is 22.0 Å². The van der Waals surface area contributed by atoms with Gasteiger partial charge in [0.25, 0.3) is 0 Å². The summed E-state index contributed by atoms with van der Waals surface area (Å²) in [6.07, 6.45) is 0. The Morgan fingerprint density at radius 1 is 1.04 bits per heavy atom. The molecule has 1 aromatic heterocycles. The summed E-state index contributed by atoms with van der Waals surface area (Å²) in [6.45, 7) is 2.03. The molecule has 0 atom stereocenters. The van der Waals surface area contributed by atoms with E-state index in [9.17, 15) is 5.26 Å². The van der Waals surface area contributed by atoms with Gasteiger partial charge in [-0.3, -0.25) is 5.43 Å². The van der Waals surface area contributed by atoms with E-state index in [0.717, 1.165) is 16.9 Å². The molecule has 5 heteroatoms. The van der Waals surface area contributed by atoms with Crippen LogP contribution >= 0.6 is 11.3 Å². The van der Waals surface area contributed by atoms with Gasteiger partial charge in [-0.25, -0.2) is 4.98 Å². The van der Waals surface area contributed by atoms with Crippen molar-refractivity contribution in [1.82, 2.24) is 4.98 Å². The highest BCUT2D eigenvalue weighted by molar-refractivity contribution is 7.12. The molecule has 1 N–H and O–H groups in total. The maximum absolute atomic E-state index is 9.47. The van der Waals surface area contributed by atoms with Crippen LogP contribution in [-0.4, -0.2) is 10.7 Å². The summed E-state index contributed by atoms with van der Waals surface area (Å²) in [5.41, 5.74) is 7.08. The normalized spacial score (nSPS) is 11.3. The zero-order valence-electron chi connectivity index (χ0n) is 14.7. The zero-order chi connectivity index (χ0) is 18.6. The van der Waals surface area contributed by atoms with Crippen molar-refractivity contribution >= 4 is 33.5 Å². The van der Waals surface area contributed by atoms with E-state index in [1.54, 1.807) is 0 Å². The van der Waals surface area contributed by atoms with E-state index in [4.69, 9.17) is 0 Å². The van der Waals surface area contributed by atoms with Crippen molar-refractivity contribution in [2.45, 2.75) is 6.92 Å². The molecule has 130 valence electrons.